The van der Waals surface area contributed by atoms with Gasteiger partial charge in [0.25, 0.3) is 5.91 Å². The Morgan fingerprint density at radius 3 is 2.63 bits per heavy atom. The van der Waals surface area contributed by atoms with Gasteiger partial charge in [0.15, 0.2) is 5.17 Å². The fourth-order valence-corrected chi connectivity index (χ4v) is 6.62. The van der Waals surface area contributed by atoms with Crippen LogP contribution >= 0.6 is 35.1 Å². The zero-order valence-corrected chi connectivity index (χ0v) is 22.9. The van der Waals surface area contributed by atoms with Crippen LogP contribution in [0.3, 0.4) is 0 Å². The van der Waals surface area contributed by atoms with Crippen molar-refractivity contribution in [1.82, 2.24) is 4.90 Å². The monoisotopic (exact) mass is 530 g/mol. The number of aryl methyl sites for hydroxylation is 1. The molecular formula is C26H31ClN4O2S2. The summed E-state index contributed by atoms with van der Waals surface area (Å²) in [5, 5.41) is 11.7. The van der Waals surface area contributed by atoms with Gasteiger partial charge < -0.3 is 14.9 Å². The van der Waals surface area contributed by atoms with Crippen LogP contribution in [-0.4, -0.2) is 54.4 Å². The van der Waals surface area contributed by atoms with Gasteiger partial charge in [-0.25, -0.2) is 4.99 Å². The fourth-order valence-electron chi connectivity index (χ4n) is 4.11. The number of carbonyl (C=O) groups is 1. The normalized spacial score (nSPS) is 18.7. The van der Waals surface area contributed by atoms with Crippen LogP contribution in [0.1, 0.15) is 32.3 Å². The summed E-state index contributed by atoms with van der Waals surface area (Å²) in [6.45, 7) is 8.40. The van der Waals surface area contributed by atoms with E-state index in [1.807, 2.05) is 54.1 Å². The molecule has 2 aromatic carbocycles. The lowest BCUT2D eigenvalue weighted by atomic mass is 10.1. The third kappa shape index (κ3) is 5.35. The van der Waals surface area contributed by atoms with E-state index in [0.717, 1.165) is 51.9 Å². The number of carbonyl (C=O) groups excluding carboxylic acids is 1. The van der Waals surface area contributed by atoms with Gasteiger partial charge in [-0.1, -0.05) is 36.7 Å². The first kappa shape index (κ1) is 25.9. The Kier molecular flexibility index (Phi) is 8.37. The maximum Gasteiger partial charge on any atom is 0.269 e. The van der Waals surface area contributed by atoms with Gasteiger partial charge in [0.05, 0.1) is 23.0 Å². The summed E-state index contributed by atoms with van der Waals surface area (Å²) in [5.41, 5.74) is 3.95. The van der Waals surface area contributed by atoms with Crippen LogP contribution in [0.25, 0.3) is 0 Å². The topological polar surface area (TPSA) is 59.4 Å². The lowest BCUT2D eigenvalue weighted by Crippen LogP contribution is -2.30. The number of hydrogen-bond donors (Lipinski definition) is 1. The molecule has 2 aliphatic rings. The Balaban J connectivity index is 1.68. The van der Waals surface area contributed by atoms with Gasteiger partial charge in [-0.05, 0) is 74.0 Å². The SMILES string of the molecule is CCCCN1C(=O)C(=C2Sc3ccc(Cl)cc3N2C)SC1=Nc1ccc(N(CC)CCO)cc1C. The van der Waals surface area contributed by atoms with Gasteiger partial charge in [0.2, 0.25) is 0 Å². The van der Waals surface area contributed by atoms with Crippen LogP contribution in [0.5, 0.6) is 0 Å². The van der Waals surface area contributed by atoms with Crippen molar-refractivity contribution < 1.29 is 9.90 Å². The zero-order chi connectivity index (χ0) is 25.1. The van der Waals surface area contributed by atoms with Crippen molar-refractivity contribution in [2.24, 2.45) is 4.99 Å². The van der Waals surface area contributed by atoms with Crippen LogP contribution in [0.2, 0.25) is 5.02 Å². The average molecular weight is 531 g/mol. The average Bonchev–Trinajstić information content (AvgIpc) is 3.33. The quantitative estimate of drug-likeness (QED) is 0.407. The molecule has 6 nitrogen and oxygen atoms in total. The molecule has 0 spiro atoms. The Hall–Kier alpha value is -2.13. The van der Waals surface area contributed by atoms with E-state index in [-0.39, 0.29) is 12.5 Å². The van der Waals surface area contributed by atoms with Crippen molar-refractivity contribution in [3.8, 4) is 0 Å². The lowest BCUT2D eigenvalue weighted by Gasteiger charge is -2.22. The van der Waals surface area contributed by atoms with E-state index in [0.29, 0.717) is 28.2 Å². The number of nitrogens with zero attached hydrogens (tertiary/aromatic N) is 4. The number of aliphatic imine (C=N–C) groups is 1. The predicted octanol–water partition coefficient (Wildman–Crippen LogP) is 6.24. The molecule has 0 aromatic heterocycles. The number of unbranched alkanes of at least 4 members (excludes halogenated alkanes) is 1. The molecule has 35 heavy (non-hydrogen) atoms. The van der Waals surface area contributed by atoms with E-state index < -0.39 is 0 Å². The lowest BCUT2D eigenvalue weighted by molar-refractivity contribution is -0.122. The highest BCUT2D eigenvalue weighted by atomic mass is 35.5. The Labute approximate surface area is 221 Å². The molecule has 1 fully saturated rings. The first-order valence-electron chi connectivity index (χ1n) is 11.9. The minimum absolute atomic E-state index is 0.00447. The standard InChI is InChI=1S/C26H31ClN4O2S2/c1-5-7-12-31-24(33)23(25-29(4)21-16-18(27)8-11-22(21)34-25)35-26(31)28-20-10-9-19(15-17(20)3)30(6-2)13-14-32/h8-11,15-16,32H,5-7,12-14H2,1-4H3. The van der Waals surface area contributed by atoms with Crippen molar-refractivity contribution in [3.05, 3.63) is 56.9 Å². The maximum atomic E-state index is 13.6. The predicted molar refractivity (Wildman–Crippen MR) is 150 cm³/mol. The molecule has 9 heteroatoms. The number of anilines is 2. The van der Waals surface area contributed by atoms with E-state index in [1.165, 1.54) is 11.8 Å². The molecule has 1 saturated heterocycles. The largest absolute Gasteiger partial charge is 0.395 e. The number of fused-ring (bicyclic) bond motifs is 1. The molecule has 186 valence electrons. The summed E-state index contributed by atoms with van der Waals surface area (Å²) in [4.78, 5) is 26.3. The second-order valence-corrected chi connectivity index (χ2v) is 10.9. The summed E-state index contributed by atoms with van der Waals surface area (Å²) >= 11 is 9.27. The van der Waals surface area contributed by atoms with Gasteiger partial charge in [-0.15, -0.1) is 0 Å². The number of aliphatic hydroxyl groups is 1. The molecule has 0 unspecified atom stereocenters. The van der Waals surface area contributed by atoms with Gasteiger partial charge in [-0.2, -0.15) is 0 Å². The Morgan fingerprint density at radius 1 is 1.14 bits per heavy atom. The van der Waals surface area contributed by atoms with Crippen LogP contribution in [0, 0.1) is 6.92 Å². The highest BCUT2D eigenvalue weighted by Crippen LogP contribution is 2.50. The molecule has 4 rings (SSSR count). The maximum absolute atomic E-state index is 13.6. The highest BCUT2D eigenvalue weighted by Gasteiger charge is 2.39. The van der Waals surface area contributed by atoms with Gasteiger partial charge in [0, 0.05) is 42.3 Å². The summed E-state index contributed by atoms with van der Waals surface area (Å²) in [5.74, 6) is 0.00447. The number of benzene rings is 2. The van der Waals surface area contributed by atoms with Gasteiger partial charge in [0.1, 0.15) is 4.91 Å². The van der Waals surface area contributed by atoms with Crippen LogP contribution in [0.15, 0.2) is 56.2 Å². The summed E-state index contributed by atoms with van der Waals surface area (Å²) < 4.78 is 0. The van der Waals surface area contributed by atoms with Crippen LogP contribution < -0.4 is 9.80 Å². The second kappa shape index (κ2) is 11.3. The minimum Gasteiger partial charge on any atom is -0.395 e. The molecule has 0 saturated carbocycles. The van der Waals surface area contributed by atoms with Crippen LogP contribution in [-0.2, 0) is 4.79 Å². The third-order valence-electron chi connectivity index (χ3n) is 6.10. The minimum atomic E-state index is 0.00447. The van der Waals surface area contributed by atoms with Crippen molar-refractivity contribution in [2.75, 3.05) is 43.1 Å². The third-order valence-corrected chi connectivity index (χ3v) is 8.77. The van der Waals surface area contributed by atoms with E-state index in [4.69, 9.17) is 16.6 Å². The molecule has 2 aliphatic heterocycles. The number of hydrogen-bond acceptors (Lipinski definition) is 7. The fraction of sp³-hybridized carbons (Fsp3) is 0.385. The number of aliphatic hydroxyl groups excluding tert-OH is 1. The van der Waals surface area contributed by atoms with Crippen molar-refractivity contribution in [1.29, 1.82) is 0 Å². The molecule has 0 aliphatic carbocycles. The molecule has 2 heterocycles. The van der Waals surface area contributed by atoms with Crippen molar-refractivity contribution in [3.63, 3.8) is 0 Å². The van der Waals surface area contributed by atoms with Crippen LogP contribution in [0.4, 0.5) is 17.1 Å². The van der Waals surface area contributed by atoms with E-state index in [1.54, 1.807) is 11.8 Å². The first-order valence-corrected chi connectivity index (χ1v) is 13.9. The molecule has 0 bridgehead atoms. The zero-order valence-electron chi connectivity index (χ0n) is 20.5. The Bertz CT molecular complexity index is 1180. The summed E-state index contributed by atoms with van der Waals surface area (Å²) in [6.07, 6.45) is 1.91. The second-order valence-electron chi connectivity index (χ2n) is 8.49. The molecule has 0 radical (unpaired) electrons. The summed E-state index contributed by atoms with van der Waals surface area (Å²) in [6, 6.07) is 11.9. The molecule has 1 amide bonds. The smallest absolute Gasteiger partial charge is 0.269 e. The molecular weight excluding hydrogens is 500 g/mol. The number of amidine groups is 1. The highest BCUT2D eigenvalue weighted by molar-refractivity contribution is 8.19. The molecule has 2 aromatic rings. The Morgan fingerprint density at radius 2 is 1.94 bits per heavy atom. The first-order chi connectivity index (χ1) is 16.9. The number of thioether (sulfide) groups is 2. The summed E-state index contributed by atoms with van der Waals surface area (Å²) in [7, 11) is 1.98. The molecule has 0 atom stereocenters. The van der Waals surface area contributed by atoms with E-state index in [2.05, 4.69) is 24.8 Å². The number of halogens is 1. The number of rotatable bonds is 8. The van der Waals surface area contributed by atoms with Gasteiger partial charge >= 0.3 is 0 Å². The van der Waals surface area contributed by atoms with Crippen molar-refractivity contribution >= 4 is 63.3 Å². The van der Waals surface area contributed by atoms with Gasteiger partial charge in [-0.3, -0.25) is 9.69 Å². The van der Waals surface area contributed by atoms with Crippen molar-refractivity contribution in [2.45, 2.75) is 38.5 Å². The van der Waals surface area contributed by atoms with E-state index >= 15 is 0 Å². The molecule has 1 N–H and O–H groups in total. The number of amides is 1. The van der Waals surface area contributed by atoms with E-state index in [9.17, 15) is 9.90 Å². The number of likely N-dealkylation sites (N-methyl/N-ethyl adjacent to an activating group) is 1.